The molecule has 2 N–H and O–H groups in total. The van der Waals surface area contributed by atoms with Crippen LogP contribution in [0.4, 0.5) is 5.82 Å². The van der Waals surface area contributed by atoms with Crippen molar-refractivity contribution in [1.29, 1.82) is 0 Å². The zero-order valence-corrected chi connectivity index (χ0v) is 13.4. The number of halogens is 1. The second-order valence-corrected chi connectivity index (χ2v) is 6.60. The van der Waals surface area contributed by atoms with E-state index in [1.54, 1.807) is 6.33 Å². The topological polar surface area (TPSA) is 69.7 Å². The Balaban J connectivity index is 2.06. The quantitative estimate of drug-likeness (QED) is 0.669. The minimum atomic E-state index is -0.110. The molecule has 2 aromatic rings. The first kappa shape index (κ1) is 14.5. The van der Waals surface area contributed by atoms with Gasteiger partial charge in [0.2, 0.25) is 0 Å². The molecule has 0 bridgehead atoms. The largest absolute Gasteiger partial charge is 0.337 e. The van der Waals surface area contributed by atoms with Gasteiger partial charge in [0.05, 0.1) is 5.39 Å². The molecule has 114 valence electrons. The van der Waals surface area contributed by atoms with Crippen molar-refractivity contribution in [3.63, 3.8) is 0 Å². The third-order valence-corrected chi connectivity index (χ3v) is 4.12. The minimum Gasteiger partial charge on any atom is -0.337 e. The lowest BCUT2D eigenvalue weighted by Gasteiger charge is -2.37. The Bertz CT molecular complexity index is 625. The molecular formula is C14H21ClN6. The molecule has 2 aromatic heterocycles. The molecule has 3 rings (SSSR count). The predicted octanol–water partition coefficient (Wildman–Crippen LogP) is 1.91. The van der Waals surface area contributed by atoms with Gasteiger partial charge in [0.25, 0.3) is 0 Å². The monoisotopic (exact) mass is 308 g/mol. The molecule has 0 radical (unpaired) electrons. The molecule has 2 atom stereocenters. The second-order valence-electron chi connectivity index (χ2n) is 6.09. The lowest BCUT2D eigenvalue weighted by Crippen LogP contribution is -2.53. The number of nitrogens with one attached hydrogen (secondary N) is 2. The average Bonchev–Trinajstić information content (AvgIpc) is 2.84. The van der Waals surface area contributed by atoms with Gasteiger partial charge >= 0.3 is 0 Å². The van der Waals surface area contributed by atoms with E-state index in [1.807, 2.05) is 0 Å². The van der Waals surface area contributed by atoms with Gasteiger partial charge in [-0.3, -0.25) is 5.10 Å². The van der Waals surface area contributed by atoms with E-state index in [0.29, 0.717) is 17.6 Å². The summed E-state index contributed by atoms with van der Waals surface area (Å²) in [5, 5.41) is 11.8. The van der Waals surface area contributed by atoms with E-state index in [2.05, 4.69) is 51.2 Å². The van der Waals surface area contributed by atoms with Gasteiger partial charge in [-0.2, -0.15) is 5.10 Å². The van der Waals surface area contributed by atoms with Crippen LogP contribution in [0.2, 0.25) is 0 Å². The van der Waals surface area contributed by atoms with Gasteiger partial charge in [-0.1, -0.05) is 25.4 Å². The lowest BCUT2D eigenvalue weighted by molar-refractivity contribution is 0.462. The number of aromatic amines is 1. The maximum Gasteiger partial charge on any atom is 0.186 e. The lowest BCUT2D eigenvalue weighted by atomic mass is 10.1. The summed E-state index contributed by atoms with van der Waals surface area (Å²) < 4.78 is 0. The standard InChI is InChI=1S/C14H21ClN6/c1-8(2)4-10-12-13(20-19-10)17-7-18-14(12)21-6-9(3)16-5-11(21)15/h7-9,11,16H,4-6H2,1-3H3,(H,17,18,19,20). The molecule has 7 heteroatoms. The van der Waals surface area contributed by atoms with E-state index >= 15 is 0 Å². The molecule has 0 amide bonds. The highest BCUT2D eigenvalue weighted by Gasteiger charge is 2.28. The predicted molar refractivity (Wildman–Crippen MR) is 84.7 cm³/mol. The Morgan fingerprint density at radius 2 is 2.24 bits per heavy atom. The molecule has 0 aliphatic carbocycles. The first-order chi connectivity index (χ1) is 10.1. The van der Waals surface area contributed by atoms with Gasteiger partial charge < -0.3 is 10.2 Å². The third kappa shape index (κ3) is 2.82. The highest BCUT2D eigenvalue weighted by molar-refractivity contribution is 6.22. The molecule has 3 heterocycles. The molecular weight excluding hydrogens is 288 g/mol. The number of hydrogen-bond donors (Lipinski definition) is 2. The fourth-order valence-electron chi connectivity index (χ4n) is 2.77. The number of nitrogens with zero attached hydrogens (tertiary/aromatic N) is 4. The van der Waals surface area contributed by atoms with Crippen LogP contribution in [0.15, 0.2) is 6.33 Å². The van der Waals surface area contributed by atoms with Crippen molar-refractivity contribution in [3.8, 4) is 0 Å². The highest BCUT2D eigenvalue weighted by atomic mass is 35.5. The summed E-state index contributed by atoms with van der Waals surface area (Å²) in [6, 6.07) is 0.380. The van der Waals surface area contributed by atoms with Crippen molar-refractivity contribution in [2.45, 2.75) is 38.7 Å². The number of hydrogen-bond acceptors (Lipinski definition) is 5. The Labute approximate surface area is 129 Å². The van der Waals surface area contributed by atoms with Crippen molar-refractivity contribution in [2.75, 3.05) is 18.0 Å². The molecule has 2 unspecified atom stereocenters. The molecule has 21 heavy (non-hydrogen) atoms. The smallest absolute Gasteiger partial charge is 0.186 e. The zero-order valence-electron chi connectivity index (χ0n) is 12.6. The fourth-order valence-corrected chi connectivity index (χ4v) is 3.04. The Morgan fingerprint density at radius 3 is 3.00 bits per heavy atom. The van der Waals surface area contributed by atoms with Crippen LogP contribution in [-0.4, -0.2) is 44.8 Å². The molecule has 1 aliphatic rings. The second kappa shape index (κ2) is 5.77. The number of piperazine rings is 1. The van der Waals surface area contributed by atoms with Gasteiger partial charge in [0, 0.05) is 24.8 Å². The molecule has 0 saturated carbocycles. The van der Waals surface area contributed by atoms with Gasteiger partial charge in [0.15, 0.2) is 5.65 Å². The van der Waals surface area contributed by atoms with E-state index in [4.69, 9.17) is 11.6 Å². The van der Waals surface area contributed by atoms with E-state index < -0.39 is 0 Å². The van der Waals surface area contributed by atoms with E-state index in [0.717, 1.165) is 36.4 Å². The van der Waals surface area contributed by atoms with Crippen LogP contribution in [-0.2, 0) is 6.42 Å². The zero-order chi connectivity index (χ0) is 15.0. The Hall–Kier alpha value is -1.40. The van der Waals surface area contributed by atoms with Crippen LogP contribution >= 0.6 is 11.6 Å². The molecule has 6 nitrogen and oxygen atoms in total. The van der Waals surface area contributed by atoms with E-state index in [1.165, 1.54) is 0 Å². The number of fused-ring (bicyclic) bond motifs is 1. The number of rotatable bonds is 3. The van der Waals surface area contributed by atoms with Crippen LogP contribution in [0.1, 0.15) is 26.5 Å². The average molecular weight is 309 g/mol. The number of anilines is 1. The Morgan fingerprint density at radius 1 is 1.43 bits per heavy atom. The van der Waals surface area contributed by atoms with Crippen LogP contribution in [0, 0.1) is 5.92 Å². The summed E-state index contributed by atoms with van der Waals surface area (Å²) in [7, 11) is 0. The summed E-state index contributed by atoms with van der Waals surface area (Å²) >= 11 is 6.48. The maximum absolute atomic E-state index is 6.48. The normalized spacial score (nSPS) is 23.2. The Kier molecular flexibility index (Phi) is 3.99. The molecule has 0 aromatic carbocycles. The van der Waals surface area contributed by atoms with E-state index in [9.17, 15) is 0 Å². The summed E-state index contributed by atoms with van der Waals surface area (Å²) in [5.41, 5.74) is 1.69. The summed E-state index contributed by atoms with van der Waals surface area (Å²) in [6.45, 7) is 8.09. The van der Waals surface area contributed by atoms with Crippen molar-refractivity contribution in [2.24, 2.45) is 5.92 Å². The van der Waals surface area contributed by atoms with Gasteiger partial charge in [-0.25, -0.2) is 9.97 Å². The van der Waals surface area contributed by atoms with Crippen molar-refractivity contribution in [1.82, 2.24) is 25.5 Å². The van der Waals surface area contributed by atoms with Crippen molar-refractivity contribution in [3.05, 3.63) is 12.0 Å². The van der Waals surface area contributed by atoms with E-state index in [-0.39, 0.29) is 5.50 Å². The maximum atomic E-state index is 6.48. The summed E-state index contributed by atoms with van der Waals surface area (Å²) in [5.74, 6) is 1.42. The molecule has 0 spiro atoms. The first-order valence-electron chi connectivity index (χ1n) is 7.38. The highest BCUT2D eigenvalue weighted by Crippen LogP contribution is 2.29. The molecule has 1 aliphatic heterocycles. The van der Waals surface area contributed by atoms with Gasteiger partial charge in [0.1, 0.15) is 17.6 Å². The van der Waals surface area contributed by atoms with Crippen LogP contribution in [0.25, 0.3) is 11.0 Å². The fraction of sp³-hybridized carbons (Fsp3) is 0.643. The van der Waals surface area contributed by atoms with Gasteiger partial charge in [-0.15, -0.1) is 0 Å². The van der Waals surface area contributed by atoms with Gasteiger partial charge in [-0.05, 0) is 19.3 Å². The van der Waals surface area contributed by atoms with Crippen LogP contribution in [0.3, 0.4) is 0 Å². The van der Waals surface area contributed by atoms with Crippen molar-refractivity contribution < 1.29 is 0 Å². The van der Waals surface area contributed by atoms with Crippen LogP contribution < -0.4 is 10.2 Å². The number of aromatic nitrogens is 4. The first-order valence-corrected chi connectivity index (χ1v) is 7.82. The number of H-pyrrole nitrogens is 1. The van der Waals surface area contributed by atoms with Crippen LogP contribution in [0.5, 0.6) is 0 Å². The number of alkyl halides is 1. The minimum absolute atomic E-state index is 0.110. The van der Waals surface area contributed by atoms with Crippen molar-refractivity contribution >= 4 is 28.5 Å². The summed E-state index contributed by atoms with van der Waals surface area (Å²) in [6.07, 6.45) is 2.49. The molecule has 1 fully saturated rings. The molecule has 1 saturated heterocycles. The summed E-state index contributed by atoms with van der Waals surface area (Å²) in [4.78, 5) is 10.9. The SMILES string of the molecule is CC(C)Cc1[nH]nc2ncnc(N3CC(C)NCC3Cl)c12. The third-order valence-electron chi connectivity index (χ3n) is 3.73.